The van der Waals surface area contributed by atoms with Crippen LogP contribution in [0.1, 0.15) is 10.4 Å². The Labute approximate surface area is 148 Å². The van der Waals surface area contributed by atoms with E-state index in [0.29, 0.717) is 11.1 Å². The largest absolute Gasteiger partial charge is 0.502 e. The number of hydrogen-bond acceptors (Lipinski definition) is 5. The molecule has 0 saturated carbocycles. The minimum absolute atomic E-state index is 0.0597. The summed E-state index contributed by atoms with van der Waals surface area (Å²) in [5.74, 6) is -1.58. The topological polar surface area (TPSA) is 95.6 Å². The summed E-state index contributed by atoms with van der Waals surface area (Å²) in [6, 6.07) is 17.5. The number of nitrogens with zero attached hydrogens (tertiary/aromatic N) is 1. The highest BCUT2D eigenvalue weighted by Crippen LogP contribution is 2.46. The molecule has 0 saturated heterocycles. The number of carbonyl (C=O) groups excluding carboxylic acids is 1. The molecule has 0 aliphatic rings. The van der Waals surface area contributed by atoms with E-state index in [2.05, 4.69) is 10.3 Å². The van der Waals surface area contributed by atoms with Gasteiger partial charge in [0, 0.05) is 22.7 Å². The van der Waals surface area contributed by atoms with Crippen molar-refractivity contribution < 1.29 is 19.4 Å². The minimum atomic E-state index is -0.523. The van der Waals surface area contributed by atoms with Crippen LogP contribution in [-0.2, 0) is 0 Å². The van der Waals surface area contributed by atoms with Crippen molar-refractivity contribution >= 4 is 22.7 Å². The Kier molecular flexibility index (Phi) is 3.78. The molecule has 2 aromatic carbocycles. The number of hydrogen-bond donors (Lipinski definition) is 3. The zero-order chi connectivity index (χ0) is 18.1. The average Bonchev–Trinajstić information content (AvgIpc) is 2.96. The van der Waals surface area contributed by atoms with Gasteiger partial charge in [0.2, 0.25) is 17.4 Å². The maximum atomic E-state index is 12.3. The van der Waals surface area contributed by atoms with E-state index in [1.165, 1.54) is 0 Å². The number of furan rings is 1. The SMILES string of the molecule is O=C(Nc1oc(-c2ccnc3ccccc23)c(O)c1O)c1ccccc1. The second-order valence-electron chi connectivity index (χ2n) is 5.65. The smallest absolute Gasteiger partial charge is 0.258 e. The number of amides is 1. The van der Waals surface area contributed by atoms with Crippen LogP contribution < -0.4 is 5.32 Å². The van der Waals surface area contributed by atoms with Crippen molar-refractivity contribution in [2.75, 3.05) is 5.32 Å². The van der Waals surface area contributed by atoms with E-state index in [1.807, 2.05) is 24.3 Å². The van der Waals surface area contributed by atoms with Crippen molar-refractivity contribution in [3.63, 3.8) is 0 Å². The normalized spacial score (nSPS) is 10.8. The van der Waals surface area contributed by atoms with Gasteiger partial charge in [0.05, 0.1) is 5.52 Å². The lowest BCUT2D eigenvalue weighted by Gasteiger charge is -2.04. The van der Waals surface area contributed by atoms with E-state index >= 15 is 0 Å². The predicted molar refractivity (Wildman–Crippen MR) is 97.2 cm³/mol. The standard InChI is InChI=1S/C20H14N2O4/c23-16-17(24)20(22-19(25)12-6-2-1-3-7-12)26-18(16)14-10-11-21-15-9-5-4-8-13(14)15/h1-11,23-24H,(H,22,25). The summed E-state index contributed by atoms with van der Waals surface area (Å²) >= 11 is 0. The Morgan fingerprint density at radius 3 is 2.46 bits per heavy atom. The molecular formula is C20H14N2O4. The van der Waals surface area contributed by atoms with Gasteiger partial charge in [0.1, 0.15) is 0 Å². The number of para-hydroxylation sites is 1. The van der Waals surface area contributed by atoms with Crippen LogP contribution >= 0.6 is 0 Å². The summed E-state index contributed by atoms with van der Waals surface area (Å²) in [5.41, 5.74) is 1.68. The van der Waals surface area contributed by atoms with Crippen molar-refractivity contribution in [1.29, 1.82) is 0 Å². The number of anilines is 1. The average molecular weight is 346 g/mol. The maximum Gasteiger partial charge on any atom is 0.258 e. The van der Waals surface area contributed by atoms with Gasteiger partial charge in [-0.1, -0.05) is 36.4 Å². The van der Waals surface area contributed by atoms with Crippen LogP contribution in [0.5, 0.6) is 11.5 Å². The third-order valence-corrected chi connectivity index (χ3v) is 4.02. The monoisotopic (exact) mass is 346 g/mol. The molecule has 1 amide bonds. The fraction of sp³-hybridized carbons (Fsp3) is 0. The fourth-order valence-corrected chi connectivity index (χ4v) is 2.74. The van der Waals surface area contributed by atoms with Gasteiger partial charge in [-0.3, -0.25) is 15.1 Å². The van der Waals surface area contributed by atoms with Crippen molar-refractivity contribution in [3.05, 3.63) is 72.4 Å². The van der Waals surface area contributed by atoms with Gasteiger partial charge >= 0.3 is 0 Å². The summed E-state index contributed by atoms with van der Waals surface area (Å²) in [7, 11) is 0. The molecule has 2 aromatic heterocycles. The van der Waals surface area contributed by atoms with Gasteiger partial charge in [-0.2, -0.15) is 0 Å². The van der Waals surface area contributed by atoms with Gasteiger partial charge in [-0.15, -0.1) is 0 Å². The second kappa shape index (κ2) is 6.25. The van der Waals surface area contributed by atoms with E-state index in [-0.39, 0.29) is 11.6 Å². The minimum Gasteiger partial charge on any atom is -0.502 e. The lowest BCUT2D eigenvalue weighted by molar-refractivity contribution is 0.102. The van der Waals surface area contributed by atoms with Crippen LogP contribution in [0, 0.1) is 0 Å². The number of benzene rings is 2. The predicted octanol–water partition coefficient (Wildman–Crippen LogP) is 4.16. The van der Waals surface area contributed by atoms with E-state index in [9.17, 15) is 15.0 Å². The van der Waals surface area contributed by atoms with E-state index in [0.717, 1.165) is 10.9 Å². The highest BCUT2D eigenvalue weighted by Gasteiger charge is 2.23. The van der Waals surface area contributed by atoms with Crippen LogP contribution in [0.3, 0.4) is 0 Å². The molecule has 26 heavy (non-hydrogen) atoms. The Bertz CT molecular complexity index is 1100. The van der Waals surface area contributed by atoms with Crippen molar-refractivity contribution in [2.45, 2.75) is 0 Å². The molecular weight excluding hydrogens is 332 g/mol. The summed E-state index contributed by atoms with van der Waals surface area (Å²) in [5, 5.41) is 23.7. The molecule has 0 atom stereocenters. The molecule has 6 heteroatoms. The zero-order valence-electron chi connectivity index (χ0n) is 13.5. The van der Waals surface area contributed by atoms with Crippen LogP contribution in [0.15, 0.2) is 71.3 Å². The van der Waals surface area contributed by atoms with Gasteiger partial charge < -0.3 is 14.6 Å². The van der Waals surface area contributed by atoms with Gasteiger partial charge in [0.25, 0.3) is 5.91 Å². The number of aromatic nitrogens is 1. The molecule has 0 fully saturated rings. The first kappa shape index (κ1) is 15.7. The van der Waals surface area contributed by atoms with Crippen molar-refractivity contribution in [3.8, 4) is 22.8 Å². The van der Waals surface area contributed by atoms with Crippen LogP contribution in [0.4, 0.5) is 5.88 Å². The van der Waals surface area contributed by atoms with E-state index < -0.39 is 17.4 Å². The first-order valence-corrected chi connectivity index (χ1v) is 7.90. The van der Waals surface area contributed by atoms with Crippen LogP contribution in [0.25, 0.3) is 22.2 Å². The summed E-state index contributed by atoms with van der Waals surface area (Å²) < 4.78 is 5.57. The molecule has 4 rings (SSSR count). The molecule has 2 heterocycles. The highest BCUT2D eigenvalue weighted by atomic mass is 16.4. The number of pyridine rings is 1. The quantitative estimate of drug-likeness (QED) is 0.518. The zero-order valence-corrected chi connectivity index (χ0v) is 13.5. The molecule has 0 radical (unpaired) electrons. The number of carbonyl (C=O) groups is 1. The number of fused-ring (bicyclic) bond motifs is 1. The van der Waals surface area contributed by atoms with Crippen molar-refractivity contribution in [1.82, 2.24) is 4.98 Å². The summed E-state index contributed by atoms with van der Waals surface area (Å²) in [4.78, 5) is 16.5. The number of nitrogens with one attached hydrogen (secondary N) is 1. The van der Waals surface area contributed by atoms with Gasteiger partial charge in [-0.25, -0.2) is 0 Å². The highest BCUT2D eigenvalue weighted by molar-refractivity contribution is 6.05. The maximum absolute atomic E-state index is 12.3. The number of aromatic hydroxyl groups is 2. The fourth-order valence-electron chi connectivity index (χ4n) is 2.74. The molecule has 3 N–H and O–H groups in total. The third kappa shape index (κ3) is 2.63. The Morgan fingerprint density at radius 2 is 1.65 bits per heavy atom. The molecule has 6 nitrogen and oxygen atoms in total. The van der Waals surface area contributed by atoms with Crippen LogP contribution in [0.2, 0.25) is 0 Å². The molecule has 128 valence electrons. The molecule has 0 spiro atoms. The van der Waals surface area contributed by atoms with Crippen LogP contribution in [-0.4, -0.2) is 21.1 Å². The first-order chi connectivity index (χ1) is 12.6. The third-order valence-electron chi connectivity index (χ3n) is 4.02. The van der Waals surface area contributed by atoms with E-state index in [4.69, 9.17) is 4.42 Å². The molecule has 0 unspecified atom stereocenters. The van der Waals surface area contributed by atoms with Gasteiger partial charge in [0.15, 0.2) is 5.76 Å². The van der Waals surface area contributed by atoms with Gasteiger partial charge in [-0.05, 0) is 24.3 Å². The second-order valence-corrected chi connectivity index (χ2v) is 5.65. The van der Waals surface area contributed by atoms with Crippen molar-refractivity contribution in [2.24, 2.45) is 0 Å². The molecule has 0 bridgehead atoms. The Balaban J connectivity index is 1.76. The summed E-state index contributed by atoms with van der Waals surface area (Å²) in [6.07, 6.45) is 1.58. The lowest BCUT2D eigenvalue weighted by Crippen LogP contribution is -2.11. The first-order valence-electron chi connectivity index (χ1n) is 7.90. The Hall–Kier alpha value is -3.80. The molecule has 0 aliphatic heterocycles. The summed E-state index contributed by atoms with van der Waals surface area (Å²) in [6.45, 7) is 0. The lowest BCUT2D eigenvalue weighted by atomic mass is 10.1. The number of rotatable bonds is 3. The van der Waals surface area contributed by atoms with E-state index in [1.54, 1.807) is 42.6 Å². The molecule has 4 aromatic rings. The Morgan fingerprint density at radius 1 is 0.923 bits per heavy atom. The molecule has 0 aliphatic carbocycles.